The van der Waals surface area contributed by atoms with E-state index in [-0.39, 0.29) is 17.9 Å². The fourth-order valence-corrected chi connectivity index (χ4v) is 1.83. The van der Waals surface area contributed by atoms with Crippen molar-refractivity contribution in [1.29, 1.82) is 0 Å². The Morgan fingerprint density at radius 2 is 2.00 bits per heavy atom. The molecule has 1 atom stereocenters. The summed E-state index contributed by atoms with van der Waals surface area (Å²) in [5.41, 5.74) is 1.94. The van der Waals surface area contributed by atoms with Gasteiger partial charge in [0.2, 0.25) is 0 Å². The molecule has 0 spiro atoms. The maximum atomic E-state index is 10.8. The van der Waals surface area contributed by atoms with Gasteiger partial charge in [0.1, 0.15) is 0 Å². The summed E-state index contributed by atoms with van der Waals surface area (Å²) in [6.45, 7) is 1.68. The van der Waals surface area contributed by atoms with Crippen molar-refractivity contribution in [2.75, 3.05) is 0 Å². The zero-order valence-electron chi connectivity index (χ0n) is 8.64. The van der Waals surface area contributed by atoms with Crippen molar-refractivity contribution in [2.24, 2.45) is 4.99 Å². The topological polar surface area (TPSA) is 90.1 Å². The molecule has 3 N–H and O–H groups in total. The van der Waals surface area contributed by atoms with Crippen LogP contribution < -0.4 is 0 Å². The number of phenolic OH excluding ortho intramolecular Hbond substituents is 2. The number of aliphatic imine (C=N–C) groups is 1. The maximum Gasteiger partial charge on any atom is 0.328 e. The number of rotatable bonds is 1. The van der Waals surface area contributed by atoms with Crippen molar-refractivity contribution in [3.63, 3.8) is 0 Å². The molecule has 0 fully saturated rings. The Kier molecular flexibility index (Phi) is 2.30. The van der Waals surface area contributed by atoms with Gasteiger partial charge in [-0.15, -0.1) is 0 Å². The molecule has 84 valence electrons. The lowest BCUT2D eigenvalue weighted by Crippen LogP contribution is -2.26. The zero-order chi connectivity index (χ0) is 11.9. The Hall–Kier alpha value is -2.04. The number of phenols is 2. The summed E-state index contributed by atoms with van der Waals surface area (Å²) < 4.78 is 0. The molecule has 2 rings (SSSR count). The van der Waals surface area contributed by atoms with Gasteiger partial charge >= 0.3 is 5.97 Å². The summed E-state index contributed by atoms with van der Waals surface area (Å²) in [6.07, 6.45) is 0.232. The number of carboxylic acid groups (broad SMARTS) is 1. The second-order valence-corrected chi connectivity index (χ2v) is 3.77. The Balaban J connectivity index is 2.51. The molecule has 1 aliphatic heterocycles. The highest BCUT2D eigenvalue weighted by atomic mass is 16.4. The third-order valence-corrected chi connectivity index (χ3v) is 2.64. The molecule has 0 saturated heterocycles. The SMILES string of the molecule is CC1=NC(C(=O)O)Cc2cc(O)c(O)cc21. The fourth-order valence-electron chi connectivity index (χ4n) is 1.83. The first-order chi connectivity index (χ1) is 7.49. The number of aliphatic carboxylic acids is 1. The van der Waals surface area contributed by atoms with E-state index in [0.29, 0.717) is 16.8 Å². The van der Waals surface area contributed by atoms with E-state index >= 15 is 0 Å². The van der Waals surface area contributed by atoms with E-state index in [2.05, 4.69) is 4.99 Å². The predicted molar refractivity (Wildman–Crippen MR) is 57.1 cm³/mol. The number of hydrogen-bond acceptors (Lipinski definition) is 4. The third-order valence-electron chi connectivity index (χ3n) is 2.64. The second-order valence-electron chi connectivity index (χ2n) is 3.77. The van der Waals surface area contributed by atoms with Crippen LogP contribution in [-0.4, -0.2) is 33.0 Å². The molecule has 0 amide bonds. The zero-order valence-corrected chi connectivity index (χ0v) is 8.64. The third kappa shape index (κ3) is 1.60. The highest BCUT2D eigenvalue weighted by molar-refractivity contribution is 6.03. The lowest BCUT2D eigenvalue weighted by Gasteiger charge is -2.19. The first kappa shape index (κ1) is 10.5. The molecular weight excluding hydrogens is 210 g/mol. The second kappa shape index (κ2) is 3.52. The van der Waals surface area contributed by atoms with Crippen molar-refractivity contribution in [3.8, 4) is 11.5 Å². The lowest BCUT2D eigenvalue weighted by atomic mass is 9.93. The molecule has 1 unspecified atom stereocenters. The maximum absolute atomic E-state index is 10.8. The van der Waals surface area contributed by atoms with E-state index < -0.39 is 12.0 Å². The van der Waals surface area contributed by atoms with Crippen molar-refractivity contribution in [3.05, 3.63) is 23.3 Å². The van der Waals surface area contributed by atoms with Crippen LogP contribution >= 0.6 is 0 Å². The summed E-state index contributed by atoms with van der Waals surface area (Å²) >= 11 is 0. The van der Waals surface area contributed by atoms with Crippen molar-refractivity contribution in [1.82, 2.24) is 0 Å². The van der Waals surface area contributed by atoms with Crippen LogP contribution in [-0.2, 0) is 11.2 Å². The predicted octanol–water partition coefficient (Wildman–Crippen LogP) is 0.916. The Morgan fingerprint density at radius 3 is 2.62 bits per heavy atom. The van der Waals surface area contributed by atoms with Crippen LogP contribution in [0.15, 0.2) is 17.1 Å². The summed E-state index contributed by atoms with van der Waals surface area (Å²) in [5.74, 6) is -1.45. The summed E-state index contributed by atoms with van der Waals surface area (Å²) in [5, 5.41) is 27.6. The van der Waals surface area contributed by atoms with Crippen LogP contribution in [0, 0.1) is 0 Å². The van der Waals surface area contributed by atoms with Gasteiger partial charge < -0.3 is 15.3 Å². The molecule has 0 saturated carbocycles. The van der Waals surface area contributed by atoms with Gasteiger partial charge in [-0.05, 0) is 24.6 Å². The van der Waals surface area contributed by atoms with Crippen molar-refractivity contribution < 1.29 is 20.1 Å². The average molecular weight is 221 g/mol. The molecule has 0 radical (unpaired) electrons. The minimum absolute atomic E-state index is 0.220. The fraction of sp³-hybridized carbons (Fsp3) is 0.273. The van der Waals surface area contributed by atoms with Gasteiger partial charge in [0.15, 0.2) is 17.5 Å². The molecule has 16 heavy (non-hydrogen) atoms. The molecule has 1 aromatic carbocycles. The first-order valence-electron chi connectivity index (χ1n) is 4.81. The van der Waals surface area contributed by atoms with Crippen LogP contribution in [0.1, 0.15) is 18.1 Å². The molecule has 1 aliphatic rings. The first-order valence-corrected chi connectivity index (χ1v) is 4.81. The van der Waals surface area contributed by atoms with Crippen LogP contribution in [0.2, 0.25) is 0 Å². The van der Waals surface area contributed by atoms with E-state index in [1.165, 1.54) is 12.1 Å². The smallest absolute Gasteiger partial charge is 0.328 e. The molecule has 1 heterocycles. The van der Waals surface area contributed by atoms with Gasteiger partial charge in [-0.2, -0.15) is 0 Å². The van der Waals surface area contributed by atoms with Crippen LogP contribution in [0.5, 0.6) is 11.5 Å². The number of carboxylic acids is 1. The quantitative estimate of drug-likeness (QED) is 0.615. The highest BCUT2D eigenvalue weighted by Gasteiger charge is 2.25. The minimum Gasteiger partial charge on any atom is -0.504 e. The Morgan fingerprint density at radius 1 is 1.38 bits per heavy atom. The number of carbonyl (C=O) groups is 1. The normalized spacial score (nSPS) is 18.8. The van der Waals surface area contributed by atoms with E-state index in [9.17, 15) is 15.0 Å². The van der Waals surface area contributed by atoms with E-state index in [1.807, 2.05) is 0 Å². The van der Waals surface area contributed by atoms with E-state index in [4.69, 9.17) is 5.11 Å². The number of aromatic hydroxyl groups is 2. The van der Waals surface area contributed by atoms with Crippen molar-refractivity contribution >= 4 is 11.7 Å². The molecule has 0 bridgehead atoms. The largest absolute Gasteiger partial charge is 0.504 e. The van der Waals surface area contributed by atoms with Gasteiger partial charge in [-0.3, -0.25) is 4.99 Å². The highest BCUT2D eigenvalue weighted by Crippen LogP contribution is 2.31. The van der Waals surface area contributed by atoms with Gasteiger partial charge in [0.05, 0.1) is 0 Å². The monoisotopic (exact) mass is 221 g/mol. The number of fused-ring (bicyclic) bond motifs is 1. The molecule has 5 nitrogen and oxygen atoms in total. The molecular formula is C11H11NO4. The average Bonchev–Trinajstić information content (AvgIpc) is 2.20. The molecule has 0 aromatic heterocycles. The molecule has 5 heteroatoms. The summed E-state index contributed by atoms with van der Waals surface area (Å²) in [7, 11) is 0. The number of hydrogen-bond donors (Lipinski definition) is 3. The number of nitrogens with zero attached hydrogens (tertiary/aromatic N) is 1. The Bertz CT molecular complexity index is 493. The van der Waals surface area contributed by atoms with Crippen molar-refractivity contribution in [2.45, 2.75) is 19.4 Å². The van der Waals surface area contributed by atoms with Crippen LogP contribution in [0.4, 0.5) is 0 Å². The summed E-state index contributed by atoms with van der Waals surface area (Å²) in [6, 6.07) is 1.98. The Labute approximate surface area is 91.7 Å². The van der Waals surface area contributed by atoms with Gasteiger partial charge in [0, 0.05) is 17.7 Å². The molecule has 0 aliphatic carbocycles. The van der Waals surface area contributed by atoms with Gasteiger partial charge in [-0.25, -0.2) is 4.79 Å². The number of benzene rings is 1. The standard InChI is InChI=1S/C11H11NO4/c1-5-7-4-10(14)9(13)3-6(7)2-8(12-5)11(15)16/h3-4,8,13-14H,2H2,1H3,(H,15,16). The van der Waals surface area contributed by atoms with Crippen LogP contribution in [0.3, 0.4) is 0 Å². The minimum atomic E-state index is -0.988. The molecule has 1 aromatic rings. The lowest BCUT2D eigenvalue weighted by molar-refractivity contribution is -0.138. The summed E-state index contributed by atoms with van der Waals surface area (Å²) in [4.78, 5) is 14.9. The van der Waals surface area contributed by atoms with E-state index in [0.717, 1.165) is 0 Å². The van der Waals surface area contributed by atoms with Gasteiger partial charge in [-0.1, -0.05) is 0 Å². The van der Waals surface area contributed by atoms with Crippen LogP contribution in [0.25, 0.3) is 0 Å². The van der Waals surface area contributed by atoms with E-state index in [1.54, 1.807) is 6.92 Å². The van der Waals surface area contributed by atoms with Gasteiger partial charge in [0.25, 0.3) is 0 Å².